The maximum Gasteiger partial charge on any atom is 0.225 e. The van der Waals surface area contributed by atoms with Crippen molar-refractivity contribution < 1.29 is 4.39 Å². The van der Waals surface area contributed by atoms with Gasteiger partial charge in [-0.2, -0.15) is 4.98 Å². The highest BCUT2D eigenvalue weighted by molar-refractivity contribution is 6.31. The van der Waals surface area contributed by atoms with Gasteiger partial charge in [0, 0.05) is 24.0 Å². The first-order chi connectivity index (χ1) is 13.7. The molecule has 1 saturated carbocycles. The van der Waals surface area contributed by atoms with Gasteiger partial charge in [-0.1, -0.05) is 36.9 Å². The van der Waals surface area contributed by atoms with Gasteiger partial charge in [0.05, 0.1) is 16.4 Å². The lowest BCUT2D eigenvalue weighted by Gasteiger charge is -2.23. The van der Waals surface area contributed by atoms with Crippen LogP contribution >= 0.6 is 11.6 Å². The van der Waals surface area contributed by atoms with Crippen molar-refractivity contribution in [2.45, 2.75) is 38.1 Å². The van der Waals surface area contributed by atoms with Crippen LogP contribution in [-0.4, -0.2) is 21.0 Å². The third-order valence-corrected chi connectivity index (χ3v) is 5.07. The maximum atomic E-state index is 13.4. The topological polar surface area (TPSA) is 62.7 Å². The number of rotatable bonds is 5. The normalized spacial score (nSPS) is 14.6. The van der Waals surface area contributed by atoms with Crippen LogP contribution in [0, 0.1) is 5.82 Å². The van der Waals surface area contributed by atoms with Crippen LogP contribution in [0.25, 0.3) is 11.4 Å². The first kappa shape index (κ1) is 18.6. The molecule has 0 amide bonds. The summed E-state index contributed by atoms with van der Waals surface area (Å²) in [6, 6.07) is 12.4. The summed E-state index contributed by atoms with van der Waals surface area (Å²) in [7, 11) is 0. The fraction of sp³-hybridized carbons (Fsp3) is 0.286. The van der Waals surface area contributed by atoms with E-state index in [9.17, 15) is 4.39 Å². The van der Waals surface area contributed by atoms with Crippen molar-refractivity contribution in [3.05, 3.63) is 59.5 Å². The molecule has 0 spiro atoms. The second-order valence-corrected chi connectivity index (χ2v) is 7.32. The van der Waals surface area contributed by atoms with E-state index in [0.29, 0.717) is 29.2 Å². The molecule has 1 aliphatic rings. The number of nitrogens with zero attached hydrogens (tertiary/aromatic N) is 3. The molecule has 144 valence electrons. The molecule has 28 heavy (non-hydrogen) atoms. The third-order valence-electron chi connectivity index (χ3n) is 4.78. The number of pyridine rings is 1. The molecule has 2 N–H and O–H groups in total. The molecule has 4 rings (SSSR count). The summed E-state index contributed by atoms with van der Waals surface area (Å²) in [5.41, 5.74) is 2.13. The van der Waals surface area contributed by atoms with Gasteiger partial charge in [-0.05, 0) is 43.2 Å². The van der Waals surface area contributed by atoms with Crippen molar-refractivity contribution in [2.75, 3.05) is 10.6 Å². The molecule has 5 nitrogen and oxygen atoms in total. The molecule has 3 aromatic rings. The fourth-order valence-electron chi connectivity index (χ4n) is 3.37. The van der Waals surface area contributed by atoms with Crippen LogP contribution in [0.15, 0.2) is 48.7 Å². The Kier molecular flexibility index (Phi) is 5.67. The van der Waals surface area contributed by atoms with E-state index in [2.05, 4.69) is 25.6 Å². The minimum Gasteiger partial charge on any atom is -0.351 e. The van der Waals surface area contributed by atoms with E-state index in [-0.39, 0.29) is 5.02 Å². The van der Waals surface area contributed by atoms with Crippen molar-refractivity contribution in [3.63, 3.8) is 0 Å². The van der Waals surface area contributed by atoms with Crippen LogP contribution in [0.2, 0.25) is 5.02 Å². The Morgan fingerprint density at radius 1 is 0.964 bits per heavy atom. The first-order valence-corrected chi connectivity index (χ1v) is 9.84. The zero-order valence-corrected chi connectivity index (χ0v) is 16.1. The molecule has 0 bridgehead atoms. The molecule has 7 heteroatoms. The highest BCUT2D eigenvalue weighted by atomic mass is 35.5. The van der Waals surface area contributed by atoms with E-state index in [1.807, 2.05) is 24.3 Å². The Morgan fingerprint density at radius 3 is 2.57 bits per heavy atom. The van der Waals surface area contributed by atoms with Gasteiger partial charge >= 0.3 is 0 Å². The Balaban J connectivity index is 1.65. The highest BCUT2D eigenvalue weighted by Gasteiger charge is 2.16. The number of aromatic nitrogens is 3. The van der Waals surface area contributed by atoms with Crippen molar-refractivity contribution in [1.82, 2.24) is 15.0 Å². The molecule has 0 unspecified atom stereocenters. The summed E-state index contributed by atoms with van der Waals surface area (Å²) in [5.74, 6) is 0.700. The minimum atomic E-state index is -0.455. The van der Waals surface area contributed by atoms with Crippen molar-refractivity contribution in [1.29, 1.82) is 0 Å². The maximum absolute atomic E-state index is 13.4. The summed E-state index contributed by atoms with van der Waals surface area (Å²) in [4.78, 5) is 13.7. The van der Waals surface area contributed by atoms with Gasteiger partial charge in [-0.25, -0.2) is 9.37 Å². The van der Waals surface area contributed by atoms with E-state index in [1.165, 1.54) is 31.4 Å². The summed E-state index contributed by atoms with van der Waals surface area (Å²) in [6.45, 7) is 0. The summed E-state index contributed by atoms with van der Waals surface area (Å²) in [5, 5.41) is 6.71. The number of nitrogens with one attached hydrogen (secondary N) is 2. The van der Waals surface area contributed by atoms with Gasteiger partial charge in [0.25, 0.3) is 0 Å². The van der Waals surface area contributed by atoms with E-state index in [1.54, 1.807) is 12.3 Å². The quantitative estimate of drug-likeness (QED) is 0.568. The zero-order valence-electron chi connectivity index (χ0n) is 15.3. The fourth-order valence-corrected chi connectivity index (χ4v) is 3.55. The van der Waals surface area contributed by atoms with E-state index >= 15 is 0 Å². The Morgan fingerprint density at radius 2 is 1.82 bits per heavy atom. The lowest BCUT2D eigenvalue weighted by atomic mass is 9.96. The lowest BCUT2D eigenvalue weighted by molar-refractivity contribution is 0.461. The van der Waals surface area contributed by atoms with Gasteiger partial charge in [-0.15, -0.1) is 0 Å². The molecule has 0 saturated heterocycles. The van der Waals surface area contributed by atoms with Crippen LogP contribution in [0.1, 0.15) is 32.1 Å². The van der Waals surface area contributed by atoms with Crippen molar-refractivity contribution in [3.8, 4) is 11.4 Å². The standard InChI is InChI=1S/C21H21ClFN5/c22-16-12-15(9-10-17(16)23)25-20-13-19(18-8-4-5-11-24-18)27-21(28-20)26-14-6-2-1-3-7-14/h4-5,8-14H,1-3,6-7H2,(H2,25,26,27,28). The molecule has 2 aromatic heterocycles. The number of halogens is 2. The van der Waals surface area contributed by atoms with Crippen molar-refractivity contribution in [2.24, 2.45) is 0 Å². The lowest BCUT2D eigenvalue weighted by Crippen LogP contribution is -2.23. The summed E-state index contributed by atoms with van der Waals surface area (Å²) < 4.78 is 13.4. The van der Waals surface area contributed by atoms with Crippen LogP contribution < -0.4 is 10.6 Å². The number of hydrogen-bond acceptors (Lipinski definition) is 5. The smallest absolute Gasteiger partial charge is 0.225 e. The second-order valence-electron chi connectivity index (χ2n) is 6.91. The predicted octanol–water partition coefficient (Wildman–Crippen LogP) is 5.82. The Bertz CT molecular complexity index is 945. The van der Waals surface area contributed by atoms with E-state index in [4.69, 9.17) is 11.6 Å². The third kappa shape index (κ3) is 4.57. The number of anilines is 3. The predicted molar refractivity (Wildman–Crippen MR) is 110 cm³/mol. The van der Waals surface area contributed by atoms with E-state index < -0.39 is 5.82 Å². The molecule has 2 heterocycles. The summed E-state index contributed by atoms with van der Waals surface area (Å²) >= 11 is 5.90. The van der Waals surface area contributed by atoms with Gasteiger partial charge < -0.3 is 10.6 Å². The molecular formula is C21H21ClFN5. The summed E-state index contributed by atoms with van der Waals surface area (Å²) in [6.07, 6.45) is 7.69. The SMILES string of the molecule is Fc1ccc(Nc2cc(-c3ccccn3)nc(NC3CCCCC3)n2)cc1Cl. The monoisotopic (exact) mass is 397 g/mol. The Hall–Kier alpha value is -2.73. The van der Waals surface area contributed by atoms with Crippen LogP contribution in [0.3, 0.4) is 0 Å². The van der Waals surface area contributed by atoms with Crippen LogP contribution in [0.4, 0.5) is 21.8 Å². The average Bonchev–Trinajstić information content (AvgIpc) is 2.72. The van der Waals surface area contributed by atoms with Gasteiger partial charge in [0.2, 0.25) is 5.95 Å². The van der Waals surface area contributed by atoms with Gasteiger partial charge in [0.1, 0.15) is 11.6 Å². The molecule has 0 radical (unpaired) electrons. The molecular weight excluding hydrogens is 377 g/mol. The van der Waals surface area contributed by atoms with E-state index in [0.717, 1.165) is 18.5 Å². The highest BCUT2D eigenvalue weighted by Crippen LogP contribution is 2.26. The first-order valence-electron chi connectivity index (χ1n) is 9.46. The van der Waals surface area contributed by atoms with Crippen LogP contribution in [0.5, 0.6) is 0 Å². The second kappa shape index (κ2) is 8.52. The largest absolute Gasteiger partial charge is 0.351 e. The Labute approximate surface area is 168 Å². The number of hydrogen-bond donors (Lipinski definition) is 2. The molecule has 1 aromatic carbocycles. The minimum absolute atomic E-state index is 0.0598. The molecule has 1 aliphatic carbocycles. The molecule has 0 atom stereocenters. The van der Waals surface area contributed by atoms with Gasteiger partial charge in [-0.3, -0.25) is 4.98 Å². The van der Waals surface area contributed by atoms with Gasteiger partial charge in [0.15, 0.2) is 0 Å². The average molecular weight is 398 g/mol. The zero-order chi connectivity index (χ0) is 19.3. The van der Waals surface area contributed by atoms with Crippen molar-refractivity contribution >= 4 is 29.1 Å². The van der Waals surface area contributed by atoms with Crippen LogP contribution in [-0.2, 0) is 0 Å². The number of benzene rings is 1. The molecule has 1 fully saturated rings. The molecule has 0 aliphatic heterocycles.